The second kappa shape index (κ2) is 10.5. The Hall–Kier alpha value is -3.69. The Morgan fingerprint density at radius 3 is 2.35 bits per heavy atom. The number of Topliss-reactive ketones (excluding diaryl/α,β-unsaturated/α-hetero) is 1. The molecule has 3 rings (SSSR count). The van der Waals surface area contributed by atoms with Crippen molar-refractivity contribution in [3.8, 4) is 0 Å². The summed E-state index contributed by atoms with van der Waals surface area (Å²) in [6.45, 7) is 7.25. The Bertz CT molecular complexity index is 1040. The zero-order valence-corrected chi connectivity index (χ0v) is 20.0. The first-order valence-electron chi connectivity index (χ1n) is 11.2. The van der Waals surface area contributed by atoms with E-state index in [4.69, 9.17) is 4.74 Å². The summed E-state index contributed by atoms with van der Waals surface area (Å²) in [6, 6.07) is 8.19. The number of nitrogens with one attached hydrogen (secondary N) is 1. The molecule has 10 nitrogen and oxygen atoms in total. The van der Waals surface area contributed by atoms with Gasteiger partial charge in [-0.15, -0.1) is 0 Å². The molecule has 1 aromatic carbocycles. The van der Waals surface area contributed by atoms with Gasteiger partial charge in [0, 0.05) is 45.8 Å². The summed E-state index contributed by atoms with van der Waals surface area (Å²) in [5.41, 5.74) is 0.549. The number of nitrogens with zero attached hydrogens (tertiary/aromatic N) is 4. The van der Waals surface area contributed by atoms with E-state index in [9.17, 15) is 19.2 Å². The van der Waals surface area contributed by atoms with Crippen LogP contribution in [0.2, 0.25) is 0 Å². The Labute approximate surface area is 198 Å². The summed E-state index contributed by atoms with van der Waals surface area (Å²) in [7, 11) is 1.70. The maximum atomic E-state index is 13.1. The molecule has 34 heavy (non-hydrogen) atoms. The number of anilines is 1. The molecule has 1 aliphatic heterocycles. The fourth-order valence-corrected chi connectivity index (χ4v) is 3.69. The number of carbonyl (C=O) groups is 4. The van der Waals surface area contributed by atoms with Crippen molar-refractivity contribution >= 4 is 29.9 Å². The standard InChI is InChI=1S/C24H31N5O5/c1-24(2,3)34-23(33)29-12-10-28(11-13-29)21-18(15-27(4)26-21)22(32)25-19(20(31)16-30)14-17-8-6-5-7-9-17/h5-9,15-16,19H,10-14H2,1-4H3,(H,25,32). The first-order valence-corrected chi connectivity index (χ1v) is 11.2. The predicted molar refractivity (Wildman–Crippen MR) is 126 cm³/mol. The number of rotatable bonds is 7. The summed E-state index contributed by atoms with van der Waals surface area (Å²) < 4.78 is 6.96. The van der Waals surface area contributed by atoms with Gasteiger partial charge in [-0.2, -0.15) is 5.10 Å². The van der Waals surface area contributed by atoms with E-state index in [1.165, 1.54) is 4.68 Å². The Morgan fingerprint density at radius 2 is 1.76 bits per heavy atom. The molecular formula is C24H31N5O5. The zero-order chi connectivity index (χ0) is 24.9. The van der Waals surface area contributed by atoms with Crippen LogP contribution in [0.15, 0.2) is 36.5 Å². The zero-order valence-electron chi connectivity index (χ0n) is 20.0. The summed E-state index contributed by atoms with van der Waals surface area (Å²) in [6.07, 6.45) is 1.64. The molecule has 0 radical (unpaired) electrons. The summed E-state index contributed by atoms with van der Waals surface area (Å²) in [5.74, 6) is -0.733. The fourth-order valence-electron chi connectivity index (χ4n) is 3.69. The number of benzene rings is 1. The topological polar surface area (TPSA) is 114 Å². The molecule has 0 spiro atoms. The fraction of sp³-hybridized carbons (Fsp3) is 0.458. The van der Waals surface area contributed by atoms with Crippen LogP contribution in [0.25, 0.3) is 0 Å². The third kappa shape index (κ3) is 6.43. The Morgan fingerprint density at radius 1 is 1.12 bits per heavy atom. The molecule has 1 N–H and O–H groups in total. The van der Waals surface area contributed by atoms with Gasteiger partial charge >= 0.3 is 6.09 Å². The third-order valence-electron chi connectivity index (χ3n) is 5.33. The molecule has 1 aromatic heterocycles. The van der Waals surface area contributed by atoms with Crippen LogP contribution in [0.3, 0.4) is 0 Å². The number of aryl methyl sites for hydroxylation is 1. The lowest BCUT2D eigenvalue weighted by Gasteiger charge is -2.36. The second-order valence-corrected chi connectivity index (χ2v) is 9.23. The van der Waals surface area contributed by atoms with Crippen molar-refractivity contribution in [3.05, 3.63) is 47.7 Å². The molecule has 2 heterocycles. The van der Waals surface area contributed by atoms with E-state index in [0.29, 0.717) is 37.6 Å². The molecule has 182 valence electrons. The van der Waals surface area contributed by atoms with Crippen molar-refractivity contribution in [3.63, 3.8) is 0 Å². The molecule has 1 atom stereocenters. The Kier molecular flexibility index (Phi) is 7.70. The van der Waals surface area contributed by atoms with Crippen LogP contribution >= 0.6 is 0 Å². The van der Waals surface area contributed by atoms with Crippen molar-refractivity contribution in [1.29, 1.82) is 0 Å². The number of ketones is 1. The quantitative estimate of drug-likeness (QED) is 0.484. The van der Waals surface area contributed by atoms with Crippen molar-refractivity contribution in [2.24, 2.45) is 7.05 Å². The van der Waals surface area contributed by atoms with Gasteiger partial charge in [0.25, 0.3) is 5.91 Å². The number of hydrogen-bond acceptors (Lipinski definition) is 7. The van der Waals surface area contributed by atoms with Gasteiger partial charge in [-0.25, -0.2) is 4.79 Å². The van der Waals surface area contributed by atoms with E-state index >= 15 is 0 Å². The van der Waals surface area contributed by atoms with Crippen LogP contribution in [0.1, 0.15) is 36.7 Å². The smallest absolute Gasteiger partial charge is 0.410 e. The number of piperazine rings is 1. The minimum Gasteiger partial charge on any atom is -0.444 e. The minimum absolute atomic E-state index is 0.203. The number of carbonyl (C=O) groups excluding carboxylic acids is 4. The van der Waals surface area contributed by atoms with E-state index in [-0.39, 0.29) is 18.8 Å². The maximum absolute atomic E-state index is 13.1. The lowest BCUT2D eigenvalue weighted by atomic mass is 10.0. The lowest BCUT2D eigenvalue weighted by Crippen LogP contribution is -2.50. The highest BCUT2D eigenvalue weighted by molar-refractivity contribution is 6.28. The van der Waals surface area contributed by atoms with E-state index < -0.39 is 23.3 Å². The summed E-state index contributed by atoms with van der Waals surface area (Å²) in [5, 5.41) is 7.13. The highest BCUT2D eigenvalue weighted by Crippen LogP contribution is 2.21. The van der Waals surface area contributed by atoms with Crippen LogP contribution in [-0.2, 0) is 27.8 Å². The van der Waals surface area contributed by atoms with Gasteiger partial charge in [0.05, 0.1) is 6.04 Å². The molecule has 0 aliphatic carbocycles. The molecular weight excluding hydrogens is 438 g/mol. The normalized spacial score (nSPS) is 14.9. The number of ether oxygens (including phenoxy) is 1. The molecule has 2 amide bonds. The van der Waals surface area contributed by atoms with Crippen molar-refractivity contribution in [1.82, 2.24) is 20.0 Å². The average molecular weight is 470 g/mol. The van der Waals surface area contributed by atoms with Crippen LogP contribution in [0.5, 0.6) is 0 Å². The van der Waals surface area contributed by atoms with Crippen molar-refractivity contribution in [2.45, 2.75) is 38.8 Å². The summed E-state index contributed by atoms with van der Waals surface area (Å²) >= 11 is 0. The van der Waals surface area contributed by atoms with Crippen LogP contribution in [0, 0.1) is 0 Å². The van der Waals surface area contributed by atoms with Gasteiger partial charge in [0.1, 0.15) is 11.2 Å². The molecule has 2 aromatic rings. The monoisotopic (exact) mass is 469 g/mol. The van der Waals surface area contributed by atoms with E-state index in [1.807, 2.05) is 56.0 Å². The van der Waals surface area contributed by atoms with E-state index in [2.05, 4.69) is 10.4 Å². The maximum Gasteiger partial charge on any atom is 0.410 e. The van der Waals surface area contributed by atoms with Crippen LogP contribution in [-0.4, -0.2) is 76.6 Å². The molecule has 0 saturated carbocycles. The molecule has 1 unspecified atom stereocenters. The molecule has 1 fully saturated rings. The van der Waals surface area contributed by atoms with Gasteiger partial charge < -0.3 is 19.9 Å². The van der Waals surface area contributed by atoms with Crippen molar-refractivity contribution < 1.29 is 23.9 Å². The SMILES string of the molecule is Cn1cc(C(=O)NC(Cc2ccccc2)C(=O)C=O)c(N2CCN(C(=O)OC(C)(C)C)CC2)n1. The van der Waals surface area contributed by atoms with Gasteiger partial charge in [-0.05, 0) is 26.3 Å². The van der Waals surface area contributed by atoms with Crippen molar-refractivity contribution in [2.75, 3.05) is 31.1 Å². The second-order valence-electron chi connectivity index (χ2n) is 9.23. The predicted octanol–water partition coefficient (Wildman–Crippen LogP) is 1.59. The van der Waals surface area contributed by atoms with Gasteiger partial charge in [0.15, 0.2) is 12.1 Å². The third-order valence-corrected chi connectivity index (χ3v) is 5.33. The van der Waals surface area contributed by atoms with Gasteiger partial charge in [0.2, 0.25) is 5.78 Å². The largest absolute Gasteiger partial charge is 0.444 e. The molecule has 1 aliphatic rings. The number of aromatic nitrogens is 2. The van der Waals surface area contributed by atoms with Gasteiger partial charge in [-0.1, -0.05) is 30.3 Å². The molecule has 10 heteroatoms. The highest BCUT2D eigenvalue weighted by atomic mass is 16.6. The highest BCUT2D eigenvalue weighted by Gasteiger charge is 2.30. The molecule has 0 bridgehead atoms. The van der Waals surface area contributed by atoms with E-state index in [1.54, 1.807) is 18.1 Å². The lowest BCUT2D eigenvalue weighted by molar-refractivity contribution is -0.131. The molecule has 1 saturated heterocycles. The van der Waals surface area contributed by atoms with Gasteiger partial charge in [-0.3, -0.25) is 19.1 Å². The summed E-state index contributed by atoms with van der Waals surface area (Å²) in [4.78, 5) is 52.4. The Balaban J connectivity index is 1.70. The first-order chi connectivity index (χ1) is 16.1. The number of hydrogen-bond donors (Lipinski definition) is 1. The average Bonchev–Trinajstić information content (AvgIpc) is 3.19. The number of aldehydes is 1. The minimum atomic E-state index is -0.982. The van der Waals surface area contributed by atoms with E-state index in [0.717, 1.165) is 5.56 Å². The van der Waals surface area contributed by atoms with Crippen LogP contribution < -0.4 is 10.2 Å². The number of amides is 2. The van der Waals surface area contributed by atoms with Crippen LogP contribution in [0.4, 0.5) is 10.6 Å². The first kappa shape index (κ1) is 24.9.